The fourth-order valence-electron chi connectivity index (χ4n) is 11.8. The molecule has 8 amide bonds. The maximum Gasteiger partial charge on any atom is 0.254 e. The van der Waals surface area contributed by atoms with E-state index in [1.165, 1.54) is 0 Å². The Bertz CT molecular complexity index is 2470. The van der Waals surface area contributed by atoms with Gasteiger partial charge in [-0.15, -0.1) is 0 Å². The smallest absolute Gasteiger partial charge is 0.254 e. The predicted molar refractivity (Wildman–Crippen MR) is 308 cm³/mol. The van der Waals surface area contributed by atoms with Gasteiger partial charge < -0.3 is 51.5 Å². The molecule has 8 atom stereocenters. The predicted octanol–water partition coefficient (Wildman–Crippen LogP) is 4.78. The summed E-state index contributed by atoms with van der Waals surface area (Å²) in [5.41, 5.74) is 13.4. The van der Waals surface area contributed by atoms with Gasteiger partial charge in [0.1, 0.15) is 24.2 Å². The molecule has 4 aliphatic rings. The van der Waals surface area contributed by atoms with E-state index in [1.807, 2.05) is 112 Å². The SMILES string of the molecule is C[C@H](N)C(=O)N[C@H](C(=O)N1CCC[C@H]1CN(CCc1ccccc1)C(=O)[C@H]1CCCN1C(=O)c1ccc(C(=O)N2CCC[C@@H]2C(=O)N(CCc2ccccc2)C[C@@H]2CCCN2C(=O)[C@@H](NC(=O)[C@H](C)N)C(C)(C)C)cc1)C(C)(C)C. The summed E-state index contributed by atoms with van der Waals surface area (Å²) in [6.07, 6.45) is 6.16. The fraction of sp³-hybridized carbons (Fsp3) is 0.581. The molecule has 6 N–H and O–H groups in total. The molecule has 18 nitrogen and oxygen atoms in total. The highest BCUT2D eigenvalue weighted by molar-refractivity contribution is 6.01. The van der Waals surface area contributed by atoms with Crippen LogP contribution in [-0.2, 0) is 41.6 Å². The molecule has 80 heavy (non-hydrogen) atoms. The normalized spacial score (nSPS) is 20.9. The van der Waals surface area contributed by atoms with Gasteiger partial charge in [-0.3, -0.25) is 38.4 Å². The van der Waals surface area contributed by atoms with Crippen LogP contribution >= 0.6 is 0 Å². The molecule has 3 aromatic carbocycles. The standard InChI is InChI=1S/C62H88N10O8/c1-41(63)53(73)65-51(61(3,4)5)59(79)69-33-15-23-47(69)39-67(37-31-43-19-11-9-12-20-43)57(77)49-25-17-35-71(49)55(75)45-27-29-46(30-28-45)56(76)72-36-18-26-50(72)58(78)68(38-32-44-21-13-10-14-22-44)40-48-24-16-34-70(48)60(80)52(62(6,7)8)66-54(74)42(2)64/h9-14,19-22,27-30,41-42,47-52H,15-18,23-26,31-40,63-64H2,1-8H3,(H,65,73)(H,66,74)/t41-,42-,47-,48-,49+,50+,51+,52+/m0/s1. The van der Waals surface area contributed by atoms with Crippen molar-refractivity contribution in [2.75, 3.05) is 52.4 Å². The van der Waals surface area contributed by atoms with Crippen LogP contribution in [0.2, 0.25) is 0 Å². The fourth-order valence-corrected chi connectivity index (χ4v) is 11.8. The summed E-state index contributed by atoms with van der Waals surface area (Å²) in [7, 11) is 0. The van der Waals surface area contributed by atoms with Gasteiger partial charge in [-0.1, -0.05) is 102 Å². The van der Waals surface area contributed by atoms with E-state index in [1.54, 1.807) is 57.7 Å². The minimum Gasteiger partial charge on any atom is -0.342 e. The molecule has 0 saturated carbocycles. The van der Waals surface area contributed by atoms with Crippen molar-refractivity contribution in [3.8, 4) is 0 Å². The summed E-state index contributed by atoms with van der Waals surface area (Å²) in [6, 6.07) is 20.9. The molecule has 0 aromatic heterocycles. The van der Waals surface area contributed by atoms with Gasteiger partial charge in [-0.05, 0) is 124 Å². The van der Waals surface area contributed by atoms with Crippen molar-refractivity contribution in [2.45, 2.75) is 168 Å². The Labute approximate surface area is 473 Å². The number of carbonyl (C=O) groups excluding carboxylic acids is 8. The molecule has 7 rings (SSSR count). The lowest BCUT2D eigenvalue weighted by molar-refractivity contribution is -0.142. The van der Waals surface area contributed by atoms with Crippen molar-refractivity contribution in [1.82, 2.24) is 40.0 Å². The molecular formula is C62H88N10O8. The van der Waals surface area contributed by atoms with Crippen molar-refractivity contribution in [3.63, 3.8) is 0 Å². The third-order valence-electron chi connectivity index (χ3n) is 16.4. The molecule has 0 bridgehead atoms. The summed E-state index contributed by atoms with van der Waals surface area (Å²) >= 11 is 0. The van der Waals surface area contributed by atoms with Crippen LogP contribution in [0.1, 0.15) is 139 Å². The first-order valence-electron chi connectivity index (χ1n) is 29.0. The molecule has 0 unspecified atom stereocenters. The van der Waals surface area contributed by atoms with Crippen molar-refractivity contribution in [2.24, 2.45) is 22.3 Å². The lowest BCUT2D eigenvalue weighted by Crippen LogP contribution is -2.59. The monoisotopic (exact) mass is 1100 g/mol. The molecular weight excluding hydrogens is 1010 g/mol. The van der Waals surface area contributed by atoms with Gasteiger partial charge in [-0.2, -0.15) is 0 Å². The minimum atomic E-state index is -0.824. The molecule has 0 radical (unpaired) electrons. The largest absolute Gasteiger partial charge is 0.342 e. The molecule has 434 valence electrons. The van der Waals surface area contributed by atoms with E-state index in [2.05, 4.69) is 10.6 Å². The molecule has 3 aromatic rings. The van der Waals surface area contributed by atoms with Crippen LogP contribution in [0.25, 0.3) is 0 Å². The summed E-state index contributed by atoms with van der Waals surface area (Å²) in [5, 5.41) is 5.77. The highest BCUT2D eigenvalue weighted by Gasteiger charge is 2.45. The van der Waals surface area contributed by atoms with Crippen LogP contribution in [0.5, 0.6) is 0 Å². The Morgan fingerprint density at radius 2 is 0.825 bits per heavy atom. The molecule has 4 saturated heterocycles. The van der Waals surface area contributed by atoms with Crippen LogP contribution in [0.15, 0.2) is 84.9 Å². The zero-order valence-corrected chi connectivity index (χ0v) is 48.5. The molecule has 0 spiro atoms. The van der Waals surface area contributed by atoms with E-state index >= 15 is 0 Å². The average molecular weight is 1100 g/mol. The number of likely N-dealkylation sites (tertiary alicyclic amines) is 4. The number of hydrogen-bond acceptors (Lipinski definition) is 10. The van der Waals surface area contributed by atoms with Crippen LogP contribution in [-0.4, -0.2) is 177 Å². The van der Waals surface area contributed by atoms with E-state index in [0.29, 0.717) is 102 Å². The Balaban J connectivity index is 1.05. The van der Waals surface area contributed by atoms with Gasteiger partial charge in [0.2, 0.25) is 35.4 Å². The first-order valence-corrected chi connectivity index (χ1v) is 29.0. The van der Waals surface area contributed by atoms with Crippen LogP contribution in [0.3, 0.4) is 0 Å². The second kappa shape index (κ2) is 26.7. The molecule has 18 heteroatoms. The van der Waals surface area contributed by atoms with Gasteiger partial charge >= 0.3 is 0 Å². The Hall–Kier alpha value is -6.66. The molecule has 0 aliphatic carbocycles. The highest BCUT2D eigenvalue weighted by atomic mass is 16.2. The number of nitrogens with zero attached hydrogens (tertiary/aromatic N) is 6. The lowest BCUT2D eigenvalue weighted by Gasteiger charge is -2.38. The van der Waals surface area contributed by atoms with Crippen LogP contribution < -0.4 is 22.1 Å². The zero-order valence-electron chi connectivity index (χ0n) is 48.5. The third-order valence-corrected chi connectivity index (χ3v) is 16.4. The summed E-state index contributed by atoms with van der Waals surface area (Å²) in [4.78, 5) is 124. The van der Waals surface area contributed by atoms with Crippen LogP contribution in [0, 0.1) is 10.8 Å². The van der Waals surface area contributed by atoms with Crippen molar-refractivity contribution in [3.05, 3.63) is 107 Å². The second-order valence-electron chi connectivity index (χ2n) is 24.8. The van der Waals surface area contributed by atoms with Gasteiger partial charge in [0.05, 0.1) is 12.1 Å². The number of benzene rings is 3. The zero-order chi connectivity index (χ0) is 58.1. The first kappa shape index (κ1) is 61.0. The molecule has 4 fully saturated rings. The van der Waals surface area contributed by atoms with Crippen molar-refractivity contribution < 1.29 is 38.4 Å². The first-order chi connectivity index (χ1) is 37.9. The lowest BCUT2D eigenvalue weighted by atomic mass is 9.85. The summed E-state index contributed by atoms with van der Waals surface area (Å²) in [5.74, 6) is -2.29. The molecule has 4 heterocycles. The summed E-state index contributed by atoms with van der Waals surface area (Å²) in [6.45, 7) is 17.6. The van der Waals surface area contributed by atoms with Gasteiger partial charge in [0.15, 0.2) is 0 Å². The quantitative estimate of drug-likeness (QED) is 0.121. The minimum absolute atomic E-state index is 0.190. The summed E-state index contributed by atoms with van der Waals surface area (Å²) < 4.78 is 0. The number of nitrogens with two attached hydrogens (primary N) is 2. The van der Waals surface area contributed by atoms with Gasteiger partial charge in [0.25, 0.3) is 11.8 Å². The third kappa shape index (κ3) is 15.0. The average Bonchev–Trinajstić information content (AvgIpc) is 4.31. The van der Waals surface area contributed by atoms with Crippen molar-refractivity contribution >= 4 is 47.3 Å². The van der Waals surface area contributed by atoms with Gasteiger partial charge in [0, 0.05) is 75.6 Å². The van der Waals surface area contributed by atoms with Gasteiger partial charge in [-0.25, -0.2) is 0 Å². The molecule has 4 aliphatic heterocycles. The van der Waals surface area contributed by atoms with E-state index in [4.69, 9.17) is 11.5 Å². The number of amides is 8. The second-order valence-corrected chi connectivity index (χ2v) is 24.8. The number of hydrogen-bond donors (Lipinski definition) is 4. The number of nitrogens with one attached hydrogen (secondary N) is 2. The van der Waals surface area contributed by atoms with E-state index < -0.39 is 58.9 Å². The van der Waals surface area contributed by atoms with E-state index in [0.717, 1.165) is 24.0 Å². The maximum atomic E-state index is 14.9. The van der Waals surface area contributed by atoms with Crippen molar-refractivity contribution in [1.29, 1.82) is 0 Å². The Kier molecular flexibility index (Phi) is 20.4. The number of carbonyl (C=O) groups is 8. The van der Waals surface area contributed by atoms with Crippen LogP contribution in [0.4, 0.5) is 0 Å². The highest BCUT2D eigenvalue weighted by Crippen LogP contribution is 2.31. The number of rotatable bonds is 20. The Morgan fingerprint density at radius 1 is 0.500 bits per heavy atom. The maximum absolute atomic E-state index is 14.9. The van der Waals surface area contributed by atoms with E-state index in [9.17, 15) is 38.4 Å². The topological polar surface area (TPSA) is 232 Å². The Morgan fingerprint density at radius 3 is 1.15 bits per heavy atom. The van der Waals surface area contributed by atoms with E-state index in [-0.39, 0.29) is 60.6 Å².